The molecule has 4 nitrogen and oxygen atoms in total. The number of nitrogens with zero attached hydrogens (tertiary/aromatic N) is 1. The van der Waals surface area contributed by atoms with Crippen LogP contribution in [0.4, 0.5) is 0 Å². The summed E-state index contributed by atoms with van der Waals surface area (Å²) in [7, 11) is 0. The van der Waals surface area contributed by atoms with Crippen molar-refractivity contribution in [3.8, 4) is 0 Å². The van der Waals surface area contributed by atoms with Gasteiger partial charge in [-0.2, -0.15) is 0 Å². The van der Waals surface area contributed by atoms with Gasteiger partial charge in [-0.3, -0.25) is 9.10 Å². The largest absolute Gasteiger partial charge is 0.462 e. The minimum absolute atomic E-state index is 0.0343. The first-order valence-corrected chi connectivity index (χ1v) is 8.78. The van der Waals surface area contributed by atoms with E-state index in [0.717, 1.165) is 44.9 Å². The van der Waals surface area contributed by atoms with Gasteiger partial charge in [-0.1, -0.05) is 31.9 Å². The molecule has 1 saturated carbocycles. The van der Waals surface area contributed by atoms with Gasteiger partial charge in [0.05, 0.1) is 5.92 Å². The van der Waals surface area contributed by atoms with Crippen LogP contribution in [-0.2, 0) is 14.3 Å². The molecule has 0 aromatic heterocycles. The van der Waals surface area contributed by atoms with Gasteiger partial charge in [0.25, 0.3) is 0 Å². The second-order valence-electron chi connectivity index (χ2n) is 6.39. The van der Waals surface area contributed by atoms with Crippen LogP contribution in [0.3, 0.4) is 0 Å². The quantitative estimate of drug-likeness (QED) is 0.338. The molecule has 2 fully saturated rings. The third kappa shape index (κ3) is 4.59. The lowest BCUT2D eigenvalue weighted by Gasteiger charge is -2.24. The molecule has 1 saturated heterocycles. The van der Waals surface area contributed by atoms with Crippen molar-refractivity contribution in [2.75, 3.05) is 13.1 Å². The van der Waals surface area contributed by atoms with E-state index in [0.29, 0.717) is 18.9 Å². The number of ether oxygens (including phenoxy) is 1. The van der Waals surface area contributed by atoms with E-state index in [9.17, 15) is 9.59 Å². The molecular formula is C17H27NO3S. The molecule has 4 unspecified atom stereocenters. The van der Waals surface area contributed by atoms with E-state index in [1.54, 1.807) is 0 Å². The molecule has 0 aromatic rings. The minimum atomic E-state index is -0.0854. The topological polar surface area (TPSA) is 46.6 Å². The van der Waals surface area contributed by atoms with Crippen LogP contribution in [-0.4, -0.2) is 35.8 Å². The summed E-state index contributed by atoms with van der Waals surface area (Å²) < 4.78 is 7.69. The van der Waals surface area contributed by atoms with Gasteiger partial charge in [0.2, 0.25) is 0 Å². The van der Waals surface area contributed by atoms with Crippen LogP contribution < -0.4 is 0 Å². The van der Waals surface area contributed by atoms with Gasteiger partial charge in [-0.25, -0.2) is 0 Å². The maximum atomic E-state index is 12.3. The highest BCUT2D eigenvalue weighted by molar-refractivity contribution is 7.77. The maximum absolute atomic E-state index is 12.3. The number of thiol groups is 1. The number of carbonyl (C=O) groups excluding carboxylic acids is 2. The molecular weight excluding hydrogens is 298 g/mol. The van der Waals surface area contributed by atoms with E-state index in [-0.39, 0.29) is 23.9 Å². The summed E-state index contributed by atoms with van der Waals surface area (Å²) in [4.78, 5) is 23.2. The first-order chi connectivity index (χ1) is 10.7. The molecule has 0 radical (unpaired) electrons. The molecule has 0 aromatic carbocycles. The SMILES string of the molecule is CC/C=C\CC1C(CC=O)CCC1OC(=O)C1CCN(S)C1. The van der Waals surface area contributed by atoms with Crippen molar-refractivity contribution in [3.63, 3.8) is 0 Å². The highest BCUT2D eigenvalue weighted by Gasteiger charge is 2.39. The lowest BCUT2D eigenvalue weighted by atomic mass is 9.89. The van der Waals surface area contributed by atoms with Crippen molar-refractivity contribution in [2.45, 2.75) is 51.6 Å². The fourth-order valence-corrected chi connectivity index (χ4v) is 3.93. The first kappa shape index (κ1) is 17.5. The molecule has 124 valence electrons. The predicted octanol–water partition coefficient (Wildman–Crippen LogP) is 3.04. The molecule has 0 amide bonds. The lowest BCUT2D eigenvalue weighted by Crippen LogP contribution is -2.29. The van der Waals surface area contributed by atoms with Gasteiger partial charge >= 0.3 is 5.97 Å². The number of hydrogen-bond acceptors (Lipinski definition) is 5. The molecule has 2 aliphatic rings. The molecule has 2 rings (SSSR count). The predicted molar refractivity (Wildman–Crippen MR) is 89.5 cm³/mol. The Labute approximate surface area is 138 Å². The van der Waals surface area contributed by atoms with Crippen molar-refractivity contribution in [3.05, 3.63) is 12.2 Å². The fourth-order valence-electron chi connectivity index (χ4n) is 3.62. The van der Waals surface area contributed by atoms with Crippen molar-refractivity contribution >= 4 is 25.1 Å². The molecule has 0 bridgehead atoms. The van der Waals surface area contributed by atoms with Gasteiger partial charge in [0, 0.05) is 25.4 Å². The Bertz CT molecular complexity index is 413. The third-order valence-electron chi connectivity index (χ3n) is 4.88. The summed E-state index contributed by atoms with van der Waals surface area (Å²) in [6.45, 7) is 3.62. The molecule has 1 aliphatic carbocycles. The standard InChI is InChI=1S/C17H27NO3S/c1-2-3-4-5-15-13(9-11-19)6-7-16(15)21-17(20)14-8-10-18(22)12-14/h3-4,11,13-16,22H,2,5-10,12H2,1H3/b4-3-. The van der Waals surface area contributed by atoms with Crippen LogP contribution in [0.2, 0.25) is 0 Å². The molecule has 1 heterocycles. The zero-order valence-corrected chi connectivity index (χ0v) is 14.2. The number of allylic oxidation sites excluding steroid dienone is 2. The Morgan fingerprint density at radius 1 is 1.27 bits per heavy atom. The Kier molecular flexibility index (Phi) is 6.96. The molecule has 4 atom stereocenters. The second kappa shape index (κ2) is 8.73. The van der Waals surface area contributed by atoms with E-state index in [4.69, 9.17) is 4.74 Å². The summed E-state index contributed by atoms with van der Waals surface area (Å²) in [5, 5.41) is 0. The van der Waals surface area contributed by atoms with Crippen molar-refractivity contribution in [2.24, 2.45) is 17.8 Å². The normalized spacial score (nSPS) is 32.6. The van der Waals surface area contributed by atoms with Gasteiger partial charge in [-0.05, 0) is 38.0 Å². The van der Waals surface area contributed by atoms with E-state index >= 15 is 0 Å². The average molecular weight is 325 g/mol. The molecule has 5 heteroatoms. The number of esters is 1. The lowest BCUT2D eigenvalue weighted by molar-refractivity contribution is -0.155. The first-order valence-electron chi connectivity index (χ1n) is 8.38. The Morgan fingerprint density at radius 2 is 2.09 bits per heavy atom. The smallest absolute Gasteiger partial charge is 0.310 e. The summed E-state index contributed by atoms with van der Waals surface area (Å²) in [5.41, 5.74) is 0. The minimum Gasteiger partial charge on any atom is -0.462 e. The van der Waals surface area contributed by atoms with E-state index in [2.05, 4.69) is 31.9 Å². The highest BCUT2D eigenvalue weighted by atomic mass is 32.1. The number of rotatable bonds is 7. The van der Waals surface area contributed by atoms with Crippen molar-refractivity contribution in [1.29, 1.82) is 0 Å². The Balaban J connectivity index is 1.93. The Morgan fingerprint density at radius 3 is 2.73 bits per heavy atom. The fraction of sp³-hybridized carbons (Fsp3) is 0.765. The van der Waals surface area contributed by atoms with E-state index in [1.165, 1.54) is 0 Å². The molecule has 0 spiro atoms. The van der Waals surface area contributed by atoms with Gasteiger partial charge in [0.1, 0.15) is 12.4 Å². The molecule has 0 N–H and O–H groups in total. The molecule has 22 heavy (non-hydrogen) atoms. The molecule has 1 aliphatic heterocycles. The van der Waals surface area contributed by atoms with Crippen molar-refractivity contribution in [1.82, 2.24) is 4.31 Å². The summed E-state index contributed by atoms with van der Waals surface area (Å²) in [5.74, 6) is 0.499. The number of carbonyl (C=O) groups is 2. The monoisotopic (exact) mass is 325 g/mol. The van der Waals surface area contributed by atoms with Crippen LogP contribution in [0.25, 0.3) is 0 Å². The van der Waals surface area contributed by atoms with Crippen LogP contribution >= 0.6 is 12.8 Å². The van der Waals surface area contributed by atoms with E-state index < -0.39 is 0 Å². The van der Waals surface area contributed by atoms with E-state index in [1.807, 2.05) is 4.31 Å². The highest BCUT2D eigenvalue weighted by Crippen LogP contribution is 2.39. The van der Waals surface area contributed by atoms with Gasteiger partial charge in [0.15, 0.2) is 0 Å². The van der Waals surface area contributed by atoms with Crippen LogP contribution in [0.5, 0.6) is 0 Å². The third-order valence-corrected chi connectivity index (χ3v) is 5.25. The summed E-state index contributed by atoms with van der Waals surface area (Å²) in [6.07, 6.45) is 10.4. The summed E-state index contributed by atoms with van der Waals surface area (Å²) >= 11 is 4.29. The second-order valence-corrected chi connectivity index (χ2v) is 6.96. The maximum Gasteiger partial charge on any atom is 0.310 e. The zero-order chi connectivity index (χ0) is 15.9. The summed E-state index contributed by atoms with van der Waals surface area (Å²) in [6, 6.07) is 0. The van der Waals surface area contributed by atoms with Gasteiger partial charge in [-0.15, -0.1) is 0 Å². The van der Waals surface area contributed by atoms with Gasteiger partial charge < -0.3 is 9.53 Å². The number of hydrogen-bond donors (Lipinski definition) is 1. The van der Waals surface area contributed by atoms with Crippen molar-refractivity contribution < 1.29 is 14.3 Å². The average Bonchev–Trinajstić information content (AvgIpc) is 3.08. The van der Waals surface area contributed by atoms with Crippen LogP contribution in [0.1, 0.15) is 45.4 Å². The number of aldehydes is 1. The Hall–Kier alpha value is -0.810. The van der Waals surface area contributed by atoms with Crippen LogP contribution in [0.15, 0.2) is 12.2 Å². The zero-order valence-electron chi connectivity index (χ0n) is 13.3. The van der Waals surface area contributed by atoms with Crippen LogP contribution in [0, 0.1) is 17.8 Å².